The zero-order valence-electron chi connectivity index (χ0n) is 16.2. The lowest BCUT2D eigenvalue weighted by Gasteiger charge is -2.30. The maximum atomic E-state index is 13.6. The number of quaternary nitrogens is 1. The fourth-order valence-corrected chi connectivity index (χ4v) is 4.30. The number of benzene rings is 1. The molecule has 1 aromatic carbocycles. The second-order valence-electron chi connectivity index (χ2n) is 7.71. The molecule has 1 rings (SSSR count). The fourth-order valence-electron chi connectivity index (χ4n) is 2.86. The van der Waals surface area contributed by atoms with E-state index >= 15 is 0 Å². The molecule has 0 saturated heterocycles. The average Bonchev–Trinajstić information content (AvgIpc) is 2.55. The van der Waals surface area contributed by atoms with Gasteiger partial charge in [-0.05, 0) is 12.8 Å². The van der Waals surface area contributed by atoms with Gasteiger partial charge in [0.2, 0.25) is 0 Å². The lowest BCUT2D eigenvalue weighted by Crippen LogP contribution is -2.54. The zero-order valence-corrected chi connectivity index (χ0v) is 17.0. The molecule has 0 atom stereocenters. The van der Waals surface area contributed by atoms with E-state index in [9.17, 15) is 39.2 Å². The normalized spacial score (nSPS) is 14.2. The molecule has 0 unspecified atom stereocenters. The van der Waals surface area contributed by atoms with E-state index in [1.807, 2.05) is 44.4 Å². The molecule has 3 nitrogen and oxygen atoms in total. The molecule has 0 spiro atoms. The van der Waals surface area contributed by atoms with E-state index in [0.717, 1.165) is 5.56 Å². The number of hydrogen-bond acceptors (Lipinski definition) is 2. The highest BCUT2D eigenvalue weighted by atomic mass is 32.2. The highest BCUT2D eigenvalue weighted by Crippen LogP contribution is 2.48. The second-order valence-corrected chi connectivity index (χ2v) is 10.0. The predicted molar refractivity (Wildman–Crippen MR) is 95.6 cm³/mol. The average molecular weight is 452 g/mol. The largest absolute Gasteiger partial charge is 0.431 e. The van der Waals surface area contributed by atoms with Crippen molar-refractivity contribution in [2.24, 2.45) is 0 Å². The molecule has 0 N–H and O–H groups in total. The second kappa shape index (κ2) is 9.20. The van der Waals surface area contributed by atoms with E-state index in [0.29, 0.717) is 24.0 Å². The van der Waals surface area contributed by atoms with Crippen LogP contribution in [0.5, 0.6) is 0 Å². The molecular formula is C18H25F7NO2S+. The summed E-state index contributed by atoms with van der Waals surface area (Å²) in [6.45, 7) is 1.23. The van der Waals surface area contributed by atoms with Crippen LogP contribution >= 0.6 is 0 Å². The summed E-state index contributed by atoms with van der Waals surface area (Å²) in [6, 6.07) is 9.52. The van der Waals surface area contributed by atoms with Crippen LogP contribution in [0.2, 0.25) is 0 Å². The van der Waals surface area contributed by atoms with Crippen LogP contribution in [0, 0.1) is 0 Å². The summed E-state index contributed by atoms with van der Waals surface area (Å²) in [7, 11) is -0.414. The van der Waals surface area contributed by atoms with Gasteiger partial charge in [-0.3, -0.25) is 0 Å². The van der Waals surface area contributed by atoms with Crippen molar-refractivity contribution in [3.8, 4) is 0 Å². The van der Waals surface area contributed by atoms with Gasteiger partial charge in [0.25, 0.3) is 5.67 Å². The van der Waals surface area contributed by atoms with Crippen molar-refractivity contribution < 1.29 is 43.6 Å². The van der Waals surface area contributed by atoms with E-state index in [1.54, 1.807) is 0 Å². The molecule has 0 aliphatic heterocycles. The van der Waals surface area contributed by atoms with Crippen LogP contribution in [0.3, 0.4) is 0 Å². The molecule has 0 amide bonds. The quantitative estimate of drug-likeness (QED) is 0.294. The van der Waals surface area contributed by atoms with E-state index in [1.165, 1.54) is 0 Å². The van der Waals surface area contributed by atoms with Gasteiger partial charge in [0.05, 0.1) is 32.1 Å². The Balaban J connectivity index is 2.55. The molecule has 168 valence electrons. The first-order chi connectivity index (χ1) is 13.0. The Kier molecular flexibility index (Phi) is 8.14. The number of rotatable bonds is 10. The summed E-state index contributed by atoms with van der Waals surface area (Å²) in [5, 5.41) is 0. The van der Waals surface area contributed by atoms with Gasteiger partial charge in [-0.2, -0.15) is 26.3 Å². The van der Waals surface area contributed by atoms with Crippen molar-refractivity contribution in [2.45, 2.75) is 43.8 Å². The van der Waals surface area contributed by atoms with Crippen LogP contribution in [0.1, 0.15) is 24.8 Å². The van der Waals surface area contributed by atoms with Gasteiger partial charge < -0.3 is 4.48 Å². The maximum Gasteiger partial charge on any atom is 0.431 e. The molecule has 0 aliphatic carbocycles. The lowest BCUT2D eigenvalue weighted by molar-refractivity contribution is -0.903. The van der Waals surface area contributed by atoms with Gasteiger partial charge in [-0.1, -0.05) is 30.3 Å². The summed E-state index contributed by atoms with van der Waals surface area (Å²) < 4.78 is 113. The first-order valence-electron chi connectivity index (χ1n) is 8.88. The van der Waals surface area contributed by atoms with Crippen molar-refractivity contribution in [2.75, 3.05) is 32.1 Å². The van der Waals surface area contributed by atoms with E-state index in [-0.39, 0.29) is 6.42 Å². The van der Waals surface area contributed by atoms with Crippen LogP contribution in [0.15, 0.2) is 30.3 Å². The Hall–Kier alpha value is -1.36. The highest BCUT2D eigenvalue weighted by molar-refractivity contribution is 7.91. The Labute approximate surface area is 166 Å². The number of sulfone groups is 1. The minimum Gasteiger partial charge on any atom is -0.325 e. The summed E-state index contributed by atoms with van der Waals surface area (Å²) in [5.74, 6) is -2.12. The molecule has 1 aromatic rings. The number of hydrogen-bond donors (Lipinski definition) is 0. The zero-order chi connectivity index (χ0) is 22.6. The van der Waals surface area contributed by atoms with Gasteiger partial charge in [-0.15, -0.1) is 0 Å². The Morgan fingerprint density at radius 2 is 1.34 bits per heavy atom. The Bertz CT molecular complexity index is 730. The number of nitrogens with zero attached hydrogens (tertiary/aromatic N) is 1. The monoisotopic (exact) mass is 452 g/mol. The third-order valence-electron chi connectivity index (χ3n) is 4.58. The van der Waals surface area contributed by atoms with Gasteiger partial charge in [0.15, 0.2) is 0 Å². The van der Waals surface area contributed by atoms with Crippen LogP contribution < -0.4 is 0 Å². The molecule has 0 bridgehead atoms. The fraction of sp³-hybridized carbons (Fsp3) is 0.667. The first kappa shape index (κ1) is 25.7. The van der Waals surface area contributed by atoms with E-state index in [4.69, 9.17) is 0 Å². The van der Waals surface area contributed by atoms with Gasteiger partial charge >= 0.3 is 12.4 Å². The molecule has 11 heteroatoms. The molecule has 0 heterocycles. The molecule has 0 radical (unpaired) electrons. The minimum absolute atomic E-state index is 0.0656. The summed E-state index contributed by atoms with van der Waals surface area (Å²) in [6.07, 6.45) is -14.2. The topological polar surface area (TPSA) is 34.1 Å². The van der Waals surface area contributed by atoms with Crippen LogP contribution in [-0.2, 0) is 16.4 Å². The molecule has 0 fully saturated rings. The van der Waals surface area contributed by atoms with Crippen LogP contribution in [0.4, 0.5) is 30.7 Å². The van der Waals surface area contributed by atoms with Gasteiger partial charge in [-0.25, -0.2) is 12.8 Å². The smallest absolute Gasteiger partial charge is 0.325 e. The highest BCUT2D eigenvalue weighted by Gasteiger charge is 2.72. The van der Waals surface area contributed by atoms with Crippen molar-refractivity contribution in [1.29, 1.82) is 0 Å². The summed E-state index contributed by atoms with van der Waals surface area (Å²) >= 11 is 0. The molecule has 0 aliphatic rings. The molecular weight excluding hydrogens is 427 g/mol. The first-order valence-corrected chi connectivity index (χ1v) is 10.7. The summed E-state index contributed by atoms with van der Waals surface area (Å²) in [5.41, 5.74) is -4.47. The van der Waals surface area contributed by atoms with Crippen molar-refractivity contribution >= 4 is 9.84 Å². The molecule has 0 saturated carbocycles. The predicted octanol–water partition coefficient (Wildman–Crippen LogP) is 4.68. The third kappa shape index (κ3) is 7.76. The Morgan fingerprint density at radius 1 is 0.828 bits per heavy atom. The number of alkyl halides is 7. The van der Waals surface area contributed by atoms with E-state index in [2.05, 4.69) is 0 Å². The van der Waals surface area contributed by atoms with Gasteiger partial charge in [0.1, 0.15) is 16.4 Å². The van der Waals surface area contributed by atoms with Crippen LogP contribution in [0.25, 0.3) is 0 Å². The summed E-state index contributed by atoms with van der Waals surface area (Å²) in [4.78, 5) is 0. The van der Waals surface area contributed by atoms with Crippen molar-refractivity contribution in [3.63, 3.8) is 0 Å². The van der Waals surface area contributed by atoms with Crippen LogP contribution in [-0.4, -0.2) is 63.1 Å². The SMILES string of the molecule is C[N+](C)(CCCCS(=O)(=O)CCC(F)(C(F)(F)F)C(F)(F)F)Cc1ccccc1. The maximum absolute atomic E-state index is 13.6. The lowest BCUT2D eigenvalue weighted by atomic mass is 10.0. The van der Waals surface area contributed by atoms with Crippen molar-refractivity contribution in [3.05, 3.63) is 35.9 Å². The molecule has 0 aromatic heterocycles. The Morgan fingerprint density at radius 3 is 1.83 bits per heavy atom. The van der Waals surface area contributed by atoms with Crippen molar-refractivity contribution in [1.82, 2.24) is 0 Å². The van der Waals surface area contributed by atoms with Gasteiger partial charge in [0, 0.05) is 12.0 Å². The number of halogens is 7. The molecule has 29 heavy (non-hydrogen) atoms. The standard InChI is InChI=1S/C18H25F7NO2S/c1-26(2,14-15-8-4-3-5-9-15)11-6-7-12-29(27,28)13-10-16(19,17(20,21)22)18(23,24)25/h3-5,8-9H,6-7,10-14H2,1-2H3/q+1. The third-order valence-corrected chi connectivity index (χ3v) is 6.32. The minimum atomic E-state index is -6.24. The van der Waals surface area contributed by atoms with E-state index < -0.39 is 45.8 Å². The number of unbranched alkanes of at least 4 members (excludes halogenated alkanes) is 1.